The summed E-state index contributed by atoms with van der Waals surface area (Å²) in [5.41, 5.74) is 1.06. The van der Waals surface area contributed by atoms with Crippen LogP contribution in [0.1, 0.15) is 18.4 Å². The minimum Gasteiger partial charge on any atom is -0.329 e. The third-order valence-corrected chi connectivity index (χ3v) is 7.30. The molecule has 1 aliphatic rings. The zero-order chi connectivity index (χ0) is 16.4. The Labute approximate surface area is 141 Å². The Morgan fingerprint density at radius 3 is 2.70 bits per heavy atom. The summed E-state index contributed by atoms with van der Waals surface area (Å²) < 4.78 is 29.4. The molecule has 2 aromatic rings. The molecule has 0 N–H and O–H groups in total. The molecule has 2 heterocycles. The van der Waals surface area contributed by atoms with Crippen molar-refractivity contribution in [3.05, 3.63) is 42.2 Å². The number of nitrogens with zero attached hydrogens (tertiary/aromatic N) is 3. The minimum atomic E-state index is -3.41. The van der Waals surface area contributed by atoms with E-state index in [9.17, 15) is 8.42 Å². The van der Waals surface area contributed by atoms with E-state index in [0.717, 1.165) is 29.3 Å². The molecule has 1 atom stereocenters. The van der Waals surface area contributed by atoms with E-state index in [1.54, 1.807) is 34.4 Å². The predicted molar refractivity (Wildman–Crippen MR) is 92.0 cm³/mol. The van der Waals surface area contributed by atoms with Gasteiger partial charge in [0.2, 0.25) is 10.0 Å². The maximum absolute atomic E-state index is 12.9. The van der Waals surface area contributed by atoms with Crippen molar-refractivity contribution in [3.8, 4) is 0 Å². The molecule has 23 heavy (non-hydrogen) atoms. The molecule has 5 nitrogen and oxygen atoms in total. The number of rotatable bonds is 5. The quantitative estimate of drug-likeness (QED) is 0.777. The fraction of sp³-hybridized carbons (Fsp3) is 0.438. The van der Waals surface area contributed by atoms with Gasteiger partial charge in [0.25, 0.3) is 0 Å². The molecule has 1 fully saturated rings. The number of benzene rings is 1. The Bertz CT molecular complexity index is 769. The highest BCUT2D eigenvalue weighted by molar-refractivity contribution is 7.99. The van der Waals surface area contributed by atoms with Crippen LogP contribution in [0.2, 0.25) is 0 Å². The molecular weight excluding hydrogens is 330 g/mol. The highest BCUT2D eigenvalue weighted by atomic mass is 32.2. The second kappa shape index (κ2) is 6.67. The third-order valence-electron chi connectivity index (χ3n) is 4.13. The first-order chi connectivity index (χ1) is 11.0. The van der Waals surface area contributed by atoms with Crippen molar-refractivity contribution in [2.75, 3.05) is 12.3 Å². The van der Waals surface area contributed by atoms with Crippen LogP contribution < -0.4 is 0 Å². The number of aromatic nitrogens is 2. The summed E-state index contributed by atoms with van der Waals surface area (Å²) in [7, 11) is -1.46. The Hall–Kier alpha value is -1.31. The average molecular weight is 351 g/mol. The molecule has 0 unspecified atom stereocenters. The standard InChI is InChI=1S/C16H21N3O2S2/c1-13-5-7-15(8-6-13)23(20,21)19-10-3-4-14(19)12-22-16-17-9-11-18(16)2/h5-9,11,14H,3-4,10,12H2,1-2H3/t14-/m0/s1. The summed E-state index contributed by atoms with van der Waals surface area (Å²) in [6.45, 7) is 2.56. The second-order valence-electron chi connectivity index (χ2n) is 5.86. The summed E-state index contributed by atoms with van der Waals surface area (Å²) in [6, 6.07) is 7.13. The molecule has 0 amide bonds. The topological polar surface area (TPSA) is 55.2 Å². The van der Waals surface area contributed by atoms with E-state index in [1.165, 1.54) is 0 Å². The number of aryl methyl sites for hydroxylation is 2. The van der Waals surface area contributed by atoms with Crippen LogP contribution >= 0.6 is 11.8 Å². The SMILES string of the molecule is Cc1ccc(S(=O)(=O)N2CCC[C@H]2CSc2nccn2C)cc1. The third kappa shape index (κ3) is 3.46. The average Bonchev–Trinajstić information content (AvgIpc) is 3.14. The van der Waals surface area contributed by atoms with Crippen LogP contribution in [0, 0.1) is 6.92 Å². The van der Waals surface area contributed by atoms with E-state index in [0.29, 0.717) is 11.4 Å². The highest BCUT2D eigenvalue weighted by Crippen LogP contribution is 2.29. The Morgan fingerprint density at radius 1 is 1.30 bits per heavy atom. The lowest BCUT2D eigenvalue weighted by Crippen LogP contribution is -2.37. The van der Waals surface area contributed by atoms with E-state index in [1.807, 2.05) is 36.9 Å². The fourth-order valence-corrected chi connectivity index (χ4v) is 5.67. The normalized spacial score (nSPS) is 19.3. The lowest BCUT2D eigenvalue weighted by molar-refractivity contribution is 0.412. The number of hydrogen-bond donors (Lipinski definition) is 0. The van der Waals surface area contributed by atoms with Crippen LogP contribution in [-0.4, -0.2) is 40.6 Å². The van der Waals surface area contributed by atoms with Gasteiger partial charge in [0, 0.05) is 37.8 Å². The molecule has 0 bridgehead atoms. The minimum absolute atomic E-state index is 0.0306. The number of hydrogen-bond acceptors (Lipinski definition) is 4. The van der Waals surface area contributed by atoms with Gasteiger partial charge in [0.15, 0.2) is 5.16 Å². The molecule has 7 heteroatoms. The molecule has 124 valence electrons. The van der Waals surface area contributed by atoms with Crippen molar-refractivity contribution in [2.24, 2.45) is 7.05 Å². The van der Waals surface area contributed by atoms with Crippen molar-refractivity contribution in [1.82, 2.24) is 13.9 Å². The molecule has 1 aliphatic heterocycles. The van der Waals surface area contributed by atoms with Crippen LogP contribution in [0.5, 0.6) is 0 Å². The van der Waals surface area contributed by atoms with E-state index in [4.69, 9.17) is 0 Å². The van der Waals surface area contributed by atoms with Crippen LogP contribution in [-0.2, 0) is 17.1 Å². The molecule has 0 saturated carbocycles. The van der Waals surface area contributed by atoms with Crippen LogP contribution in [0.15, 0.2) is 46.7 Å². The monoisotopic (exact) mass is 351 g/mol. The number of thioether (sulfide) groups is 1. The summed E-state index contributed by atoms with van der Waals surface area (Å²) in [6.07, 6.45) is 5.48. The van der Waals surface area contributed by atoms with Crippen molar-refractivity contribution in [3.63, 3.8) is 0 Å². The van der Waals surface area contributed by atoms with E-state index in [-0.39, 0.29) is 6.04 Å². The van der Waals surface area contributed by atoms with Gasteiger partial charge in [0.1, 0.15) is 0 Å². The van der Waals surface area contributed by atoms with Crippen molar-refractivity contribution < 1.29 is 8.42 Å². The Balaban J connectivity index is 1.75. The van der Waals surface area contributed by atoms with Gasteiger partial charge in [0.05, 0.1) is 4.90 Å². The van der Waals surface area contributed by atoms with Crippen molar-refractivity contribution in [1.29, 1.82) is 0 Å². The summed E-state index contributed by atoms with van der Waals surface area (Å²) in [5, 5.41) is 0.921. The van der Waals surface area contributed by atoms with Gasteiger partial charge in [-0.25, -0.2) is 13.4 Å². The van der Waals surface area contributed by atoms with Crippen molar-refractivity contribution >= 4 is 21.8 Å². The summed E-state index contributed by atoms with van der Waals surface area (Å²) >= 11 is 1.61. The maximum Gasteiger partial charge on any atom is 0.243 e. The number of imidazole rings is 1. The predicted octanol–water partition coefficient (Wildman–Crippen LogP) is 2.67. The second-order valence-corrected chi connectivity index (χ2v) is 8.73. The molecule has 3 rings (SSSR count). The van der Waals surface area contributed by atoms with E-state index in [2.05, 4.69) is 4.98 Å². The first-order valence-corrected chi connectivity index (χ1v) is 10.1. The Morgan fingerprint density at radius 2 is 2.04 bits per heavy atom. The molecule has 1 saturated heterocycles. The Kier molecular flexibility index (Phi) is 4.79. The van der Waals surface area contributed by atoms with Gasteiger partial charge < -0.3 is 4.57 Å². The van der Waals surface area contributed by atoms with Gasteiger partial charge >= 0.3 is 0 Å². The molecule has 1 aromatic carbocycles. The smallest absolute Gasteiger partial charge is 0.243 e. The largest absolute Gasteiger partial charge is 0.329 e. The molecule has 0 aliphatic carbocycles. The van der Waals surface area contributed by atoms with Gasteiger partial charge in [-0.05, 0) is 31.9 Å². The van der Waals surface area contributed by atoms with E-state index >= 15 is 0 Å². The molecule has 0 spiro atoms. The zero-order valence-corrected chi connectivity index (χ0v) is 15.0. The van der Waals surface area contributed by atoms with E-state index < -0.39 is 10.0 Å². The highest BCUT2D eigenvalue weighted by Gasteiger charge is 2.35. The number of sulfonamides is 1. The fourth-order valence-electron chi connectivity index (χ4n) is 2.80. The zero-order valence-electron chi connectivity index (χ0n) is 13.3. The lowest BCUT2D eigenvalue weighted by Gasteiger charge is -2.23. The van der Waals surface area contributed by atoms with Gasteiger partial charge in [-0.2, -0.15) is 4.31 Å². The van der Waals surface area contributed by atoms with Gasteiger partial charge in [-0.3, -0.25) is 0 Å². The van der Waals surface area contributed by atoms with Crippen LogP contribution in [0.25, 0.3) is 0 Å². The molecule has 0 radical (unpaired) electrons. The first-order valence-electron chi connectivity index (χ1n) is 7.67. The van der Waals surface area contributed by atoms with Crippen LogP contribution in [0.3, 0.4) is 0 Å². The van der Waals surface area contributed by atoms with Crippen molar-refractivity contribution in [2.45, 2.75) is 35.9 Å². The molecular formula is C16H21N3O2S2. The van der Waals surface area contributed by atoms with Gasteiger partial charge in [-0.1, -0.05) is 29.5 Å². The van der Waals surface area contributed by atoms with Crippen LogP contribution in [0.4, 0.5) is 0 Å². The van der Waals surface area contributed by atoms with Gasteiger partial charge in [-0.15, -0.1) is 0 Å². The maximum atomic E-state index is 12.9. The summed E-state index contributed by atoms with van der Waals surface area (Å²) in [5.74, 6) is 0.732. The molecule has 1 aromatic heterocycles. The first kappa shape index (κ1) is 16.5. The summed E-state index contributed by atoms with van der Waals surface area (Å²) in [4.78, 5) is 4.68. The lowest BCUT2D eigenvalue weighted by atomic mass is 10.2.